The normalized spacial score (nSPS) is 22.1. The quantitative estimate of drug-likeness (QED) is 0.696. The highest BCUT2D eigenvalue weighted by molar-refractivity contribution is 7.89. The lowest BCUT2D eigenvalue weighted by Gasteiger charge is -2.39. The smallest absolute Gasteiger partial charge is 0.244 e. The second kappa shape index (κ2) is 7.40. The number of hydrogen-bond acceptors (Lipinski definition) is 5. The summed E-state index contributed by atoms with van der Waals surface area (Å²) in [6.07, 6.45) is 3.48. The van der Waals surface area contributed by atoms with Crippen molar-refractivity contribution in [2.45, 2.75) is 30.4 Å². The first-order chi connectivity index (χ1) is 14.1. The third-order valence-electron chi connectivity index (χ3n) is 5.98. The van der Waals surface area contributed by atoms with Crippen LogP contribution in [0.15, 0.2) is 65.7 Å². The van der Waals surface area contributed by atoms with Crippen molar-refractivity contribution in [3.8, 4) is 0 Å². The molecule has 150 valence electrons. The summed E-state index contributed by atoms with van der Waals surface area (Å²) in [5.74, 6) is 0.264. The number of hydrogen-bond donors (Lipinski definition) is 2. The van der Waals surface area contributed by atoms with Crippen LogP contribution >= 0.6 is 0 Å². The van der Waals surface area contributed by atoms with Crippen molar-refractivity contribution in [2.24, 2.45) is 5.92 Å². The Morgan fingerprint density at radius 3 is 2.66 bits per heavy atom. The standard InChI is InChI=1S/C22H24N4O2S/c27-29(28)20-9-2-1-8-19(20)24-22(25-29)17-10-13-26(14-11-17)15-18-6-3-5-16-7-4-12-23-21(16)18/h1-9,12,17,22,24-25H,10-11,13-15H2. The number of likely N-dealkylation sites (tertiary alicyclic amines) is 1. The van der Waals surface area contributed by atoms with Crippen molar-refractivity contribution in [2.75, 3.05) is 18.4 Å². The number of piperidine rings is 1. The van der Waals surface area contributed by atoms with Gasteiger partial charge in [0.2, 0.25) is 10.0 Å². The summed E-state index contributed by atoms with van der Waals surface area (Å²) in [5.41, 5.74) is 3.00. The Balaban J connectivity index is 1.26. The summed E-state index contributed by atoms with van der Waals surface area (Å²) in [5, 5.41) is 4.56. The largest absolute Gasteiger partial charge is 0.368 e. The lowest BCUT2D eigenvalue weighted by Crippen LogP contribution is -2.51. The molecule has 2 N–H and O–H groups in total. The molecule has 0 spiro atoms. The molecule has 0 radical (unpaired) electrons. The van der Waals surface area contributed by atoms with Gasteiger partial charge < -0.3 is 5.32 Å². The van der Waals surface area contributed by atoms with Crippen LogP contribution in [0.5, 0.6) is 0 Å². The summed E-state index contributed by atoms with van der Waals surface area (Å²) >= 11 is 0. The van der Waals surface area contributed by atoms with Crippen molar-refractivity contribution in [3.63, 3.8) is 0 Å². The second-order valence-electron chi connectivity index (χ2n) is 7.85. The molecule has 29 heavy (non-hydrogen) atoms. The molecular weight excluding hydrogens is 384 g/mol. The molecule has 0 saturated carbocycles. The molecule has 3 heterocycles. The fourth-order valence-electron chi connectivity index (χ4n) is 4.44. The molecule has 1 unspecified atom stereocenters. The summed E-state index contributed by atoms with van der Waals surface area (Å²) in [4.78, 5) is 7.33. The molecular formula is C22H24N4O2S. The Morgan fingerprint density at radius 2 is 1.79 bits per heavy atom. The van der Waals surface area contributed by atoms with Crippen molar-refractivity contribution in [1.82, 2.24) is 14.6 Å². The first-order valence-corrected chi connectivity index (χ1v) is 11.5. The van der Waals surface area contributed by atoms with Crippen molar-refractivity contribution >= 4 is 26.6 Å². The molecule has 2 aliphatic heterocycles. The number of pyridine rings is 1. The molecule has 0 bridgehead atoms. The van der Waals surface area contributed by atoms with Gasteiger partial charge in [-0.1, -0.05) is 36.4 Å². The van der Waals surface area contributed by atoms with E-state index in [1.165, 1.54) is 10.9 Å². The van der Waals surface area contributed by atoms with Crippen molar-refractivity contribution in [1.29, 1.82) is 0 Å². The molecule has 1 atom stereocenters. The van der Waals surface area contributed by atoms with E-state index in [1.54, 1.807) is 12.1 Å². The van der Waals surface area contributed by atoms with Gasteiger partial charge in [0.15, 0.2) is 0 Å². The molecule has 5 rings (SSSR count). The third kappa shape index (κ3) is 3.61. The molecule has 2 aliphatic rings. The van der Waals surface area contributed by atoms with Gasteiger partial charge in [0.05, 0.1) is 17.4 Å². The number of benzene rings is 2. The number of aromatic nitrogens is 1. The van der Waals surface area contributed by atoms with E-state index >= 15 is 0 Å². The Labute approximate surface area is 171 Å². The fraction of sp³-hybridized carbons (Fsp3) is 0.318. The monoisotopic (exact) mass is 408 g/mol. The van der Waals surface area contributed by atoms with Crippen LogP contribution in [-0.2, 0) is 16.6 Å². The van der Waals surface area contributed by atoms with E-state index in [2.05, 4.69) is 44.2 Å². The summed E-state index contributed by atoms with van der Waals surface area (Å²) in [7, 11) is -3.46. The summed E-state index contributed by atoms with van der Waals surface area (Å²) < 4.78 is 28.0. The first kappa shape index (κ1) is 18.5. The van der Waals surface area contributed by atoms with E-state index in [0.29, 0.717) is 10.6 Å². The minimum atomic E-state index is -3.46. The molecule has 7 heteroatoms. The Kier molecular flexibility index (Phi) is 4.73. The van der Waals surface area contributed by atoms with Crippen LogP contribution in [0.25, 0.3) is 10.9 Å². The molecule has 1 fully saturated rings. The lowest BCUT2D eigenvalue weighted by atomic mass is 9.93. The second-order valence-corrected chi connectivity index (χ2v) is 9.53. The van der Waals surface area contributed by atoms with E-state index in [0.717, 1.165) is 38.0 Å². The average molecular weight is 409 g/mol. The van der Waals surface area contributed by atoms with Crippen LogP contribution in [0, 0.1) is 5.92 Å². The minimum absolute atomic E-state index is 0.253. The highest BCUT2D eigenvalue weighted by Gasteiger charge is 2.35. The summed E-state index contributed by atoms with van der Waals surface area (Å²) in [6, 6.07) is 17.5. The molecule has 1 aromatic heterocycles. The highest BCUT2D eigenvalue weighted by Crippen LogP contribution is 2.31. The van der Waals surface area contributed by atoms with E-state index in [1.807, 2.05) is 24.4 Å². The first-order valence-electron chi connectivity index (χ1n) is 10.0. The molecule has 0 aliphatic carbocycles. The lowest BCUT2D eigenvalue weighted by molar-refractivity contribution is 0.164. The van der Waals surface area contributed by atoms with Crippen LogP contribution in [0.2, 0.25) is 0 Å². The van der Waals surface area contributed by atoms with Gasteiger partial charge in [0.1, 0.15) is 4.90 Å². The third-order valence-corrected chi connectivity index (χ3v) is 7.48. The number of rotatable bonds is 3. The molecule has 2 aromatic carbocycles. The van der Waals surface area contributed by atoms with Gasteiger partial charge in [0, 0.05) is 18.1 Å². The van der Waals surface area contributed by atoms with Crippen LogP contribution < -0.4 is 10.0 Å². The van der Waals surface area contributed by atoms with Crippen LogP contribution in [0.1, 0.15) is 18.4 Å². The topological polar surface area (TPSA) is 74.3 Å². The van der Waals surface area contributed by atoms with Gasteiger partial charge in [-0.2, -0.15) is 4.72 Å². The van der Waals surface area contributed by atoms with Crippen molar-refractivity contribution < 1.29 is 8.42 Å². The number of fused-ring (bicyclic) bond motifs is 2. The van der Waals surface area contributed by atoms with Crippen LogP contribution in [0.3, 0.4) is 0 Å². The van der Waals surface area contributed by atoms with Gasteiger partial charge in [-0.3, -0.25) is 9.88 Å². The fourth-order valence-corrected chi connectivity index (χ4v) is 5.83. The van der Waals surface area contributed by atoms with Gasteiger partial charge in [0.25, 0.3) is 0 Å². The number of para-hydroxylation sites is 2. The molecule has 6 nitrogen and oxygen atoms in total. The van der Waals surface area contributed by atoms with Crippen molar-refractivity contribution in [3.05, 3.63) is 66.4 Å². The van der Waals surface area contributed by atoms with Gasteiger partial charge >= 0.3 is 0 Å². The maximum atomic E-state index is 12.6. The Bertz CT molecular complexity index is 1140. The van der Waals surface area contributed by atoms with Crippen LogP contribution in [-0.4, -0.2) is 37.6 Å². The Morgan fingerprint density at radius 1 is 1.00 bits per heavy atom. The number of anilines is 1. The SMILES string of the molecule is O=S1(=O)NC(C2CCN(Cc3cccc4cccnc34)CC2)Nc2ccccc21. The van der Waals surface area contributed by atoms with E-state index in [4.69, 9.17) is 0 Å². The molecule has 1 saturated heterocycles. The zero-order valence-corrected chi connectivity index (χ0v) is 16.9. The highest BCUT2D eigenvalue weighted by atomic mass is 32.2. The Hall–Kier alpha value is -2.48. The van der Waals surface area contributed by atoms with E-state index < -0.39 is 10.0 Å². The van der Waals surface area contributed by atoms with Crippen LogP contribution in [0.4, 0.5) is 5.69 Å². The van der Waals surface area contributed by atoms with E-state index in [-0.39, 0.29) is 12.1 Å². The number of nitrogens with zero attached hydrogens (tertiary/aromatic N) is 2. The number of sulfonamides is 1. The maximum Gasteiger partial charge on any atom is 0.244 e. The summed E-state index contributed by atoms with van der Waals surface area (Å²) in [6.45, 7) is 2.75. The molecule has 3 aromatic rings. The zero-order valence-electron chi connectivity index (χ0n) is 16.1. The van der Waals surface area contributed by atoms with Gasteiger partial charge in [-0.05, 0) is 55.6 Å². The average Bonchev–Trinajstić information content (AvgIpc) is 2.74. The minimum Gasteiger partial charge on any atom is -0.368 e. The molecule has 0 amide bonds. The number of nitrogens with one attached hydrogen (secondary N) is 2. The predicted molar refractivity (Wildman–Crippen MR) is 114 cm³/mol. The van der Waals surface area contributed by atoms with Gasteiger partial charge in [-0.25, -0.2) is 8.42 Å². The maximum absolute atomic E-state index is 12.6. The van der Waals surface area contributed by atoms with E-state index in [9.17, 15) is 8.42 Å². The zero-order chi connectivity index (χ0) is 19.8. The predicted octanol–water partition coefficient (Wildman–Crippen LogP) is 3.18. The van der Waals surface area contributed by atoms with Gasteiger partial charge in [-0.15, -0.1) is 0 Å².